The van der Waals surface area contributed by atoms with Crippen LogP contribution in [0, 0.1) is 5.82 Å². The maximum absolute atomic E-state index is 13.5. The fraction of sp³-hybridized carbons (Fsp3) is 0.263. The predicted molar refractivity (Wildman–Crippen MR) is 91.5 cm³/mol. The summed E-state index contributed by atoms with van der Waals surface area (Å²) in [6.45, 7) is 3.25. The molecule has 0 fully saturated rings. The third-order valence-electron chi connectivity index (χ3n) is 4.27. The Balaban J connectivity index is 1.86. The van der Waals surface area contributed by atoms with E-state index in [4.69, 9.17) is 0 Å². The van der Waals surface area contributed by atoms with Gasteiger partial charge in [-0.1, -0.05) is 24.3 Å². The Hall–Kier alpha value is -2.69. The van der Waals surface area contributed by atoms with E-state index in [1.54, 1.807) is 11.0 Å². The molecule has 0 saturated heterocycles. The summed E-state index contributed by atoms with van der Waals surface area (Å²) in [5.41, 5.74) is 2.40. The van der Waals surface area contributed by atoms with E-state index in [2.05, 4.69) is 0 Å². The molecule has 0 bridgehead atoms. The minimum absolute atomic E-state index is 0.0382. The van der Waals surface area contributed by atoms with E-state index >= 15 is 0 Å². The number of fused-ring (bicyclic) bond motifs is 1. The standard InChI is InChI=1S/C19H19FN2O2/c1-13-10-15-6-3-4-9-18(15)22(13)19(24)12-21(14(2)23)17-8-5-7-16(20)11-17/h3-9,11,13H,10,12H2,1-2H3. The molecule has 0 spiro atoms. The van der Waals surface area contributed by atoms with E-state index < -0.39 is 5.82 Å². The number of carbonyl (C=O) groups excluding carboxylic acids is 2. The lowest BCUT2D eigenvalue weighted by atomic mass is 10.1. The number of amides is 2. The summed E-state index contributed by atoms with van der Waals surface area (Å²) < 4.78 is 13.5. The topological polar surface area (TPSA) is 40.6 Å². The van der Waals surface area contributed by atoms with Gasteiger partial charge in [0.2, 0.25) is 11.8 Å². The predicted octanol–water partition coefficient (Wildman–Crippen LogP) is 3.16. The van der Waals surface area contributed by atoms with Gasteiger partial charge < -0.3 is 9.80 Å². The van der Waals surface area contributed by atoms with Crippen LogP contribution in [0.1, 0.15) is 19.4 Å². The first-order chi connectivity index (χ1) is 11.5. The van der Waals surface area contributed by atoms with Gasteiger partial charge in [-0.25, -0.2) is 4.39 Å². The van der Waals surface area contributed by atoms with Crippen molar-refractivity contribution in [2.75, 3.05) is 16.3 Å². The van der Waals surface area contributed by atoms with Crippen LogP contribution in [0.15, 0.2) is 48.5 Å². The molecule has 0 aliphatic carbocycles. The van der Waals surface area contributed by atoms with Crippen LogP contribution < -0.4 is 9.80 Å². The van der Waals surface area contributed by atoms with Crippen molar-refractivity contribution in [1.29, 1.82) is 0 Å². The van der Waals surface area contributed by atoms with Crippen molar-refractivity contribution in [2.45, 2.75) is 26.3 Å². The first kappa shape index (κ1) is 16.2. The average Bonchev–Trinajstić information content (AvgIpc) is 2.88. The first-order valence-corrected chi connectivity index (χ1v) is 7.91. The molecule has 1 atom stereocenters. The largest absolute Gasteiger partial charge is 0.307 e. The van der Waals surface area contributed by atoms with Crippen molar-refractivity contribution in [3.8, 4) is 0 Å². The Morgan fingerprint density at radius 1 is 1.21 bits per heavy atom. The molecular formula is C19H19FN2O2. The third-order valence-corrected chi connectivity index (χ3v) is 4.27. The van der Waals surface area contributed by atoms with Crippen molar-refractivity contribution in [2.24, 2.45) is 0 Å². The van der Waals surface area contributed by atoms with E-state index in [9.17, 15) is 14.0 Å². The van der Waals surface area contributed by atoms with Crippen LogP contribution >= 0.6 is 0 Å². The zero-order chi connectivity index (χ0) is 17.3. The quantitative estimate of drug-likeness (QED) is 0.869. The van der Waals surface area contributed by atoms with Crippen molar-refractivity contribution in [3.63, 3.8) is 0 Å². The summed E-state index contributed by atoms with van der Waals surface area (Å²) in [6, 6.07) is 13.5. The number of benzene rings is 2. The van der Waals surface area contributed by atoms with Gasteiger partial charge in [0.15, 0.2) is 0 Å². The second-order valence-electron chi connectivity index (χ2n) is 6.03. The maximum Gasteiger partial charge on any atom is 0.247 e. The Morgan fingerprint density at radius 2 is 1.96 bits per heavy atom. The molecule has 2 amide bonds. The van der Waals surface area contributed by atoms with Crippen molar-refractivity contribution in [1.82, 2.24) is 0 Å². The number of carbonyl (C=O) groups is 2. The fourth-order valence-electron chi connectivity index (χ4n) is 3.19. The lowest BCUT2D eigenvalue weighted by molar-refractivity contribution is -0.121. The molecule has 1 aliphatic heterocycles. The molecule has 4 nitrogen and oxygen atoms in total. The van der Waals surface area contributed by atoms with Crippen LogP contribution in [-0.4, -0.2) is 24.4 Å². The summed E-state index contributed by atoms with van der Waals surface area (Å²) in [5.74, 6) is -0.910. The number of nitrogens with zero attached hydrogens (tertiary/aromatic N) is 2. The maximum atomic E-state index is 13.5. The minimum Gasteiger partial charge on any atom is -0.307 e. The molecule has 1 aliphatic rings. The van der Waals surface area contributed by atoms with Gasteiger partial charge in [0.1, 0.15) is 12.4 Å². The highest BCUT2D eigenvalue weighted by Gasteiger charge is 2.32. The molecule has 3 rings (SSSR count). The van der Waals surface area contributed by atoms with Gasteiger partial charge in [-0.3, -0.25) is 9.59 Å². The number of para-hydroxylation sites is 1. The lowest BCUT2D eigenvalue weighted by Crippen LogP contribution is -2.44. The smallest absolute Gasteiger partial charge is 0.247 e. The molecule has 0 saturated carbocycles. The zero-order valence-corrected chi connectivity index (χ0v) is 13.7. The van der Waals surface area contributed by atoms with Gasteiger partial charge in [0.05, 0.1) is 0 Å². The van der Waals surface area contributed by atoms with Crippen LogP contribution in [-0.2, 0) is 16.0 Å². The second-order valence-corrected chi connectivity index (χ2v) is 6.03. The summed E-state index contributed by atoms with van der Waals surface area (Å²) in [4.78, 5) is 27.8. The average molecular weight is 326 g/mol. The van der Waals surface area contributed by atoms with Crippen molar-refractivity contribution >= 4 is 23.2 Å². The van der Waals surface area contributed by atoms with E-state index in [0.29, 0.717) is 5.69 Å². The first-order valence-electron chi connectivity index (χ1n) is 7.91. The van der Waals surface area contributed by atoms with Crippen LogP contribution in [0.4, 0.5) is 15.8 Å². The van der Waals surface area contributed by atoms with Crippen molar-refractivity contribution < 1.29 is 14.0 Å². The van der Waals surface area contributed by atoms with Gasteiger partial charge >= 0.3 is 0 Å². The van der Waals surface area contributed by atoms with E-state index in [1.165, 1.54) is 30.0 Å². The molecule has 1 heterocycles. The van der Waals surface area contributed by atoms with Crippen LogP contribution in [0.5, 0.6) is 0 Å². The Kier molecular flexibility index (Phi) is 4.34. The number of rotatable bonds is 3. The van der Waals surface area contributed by atoms with Crippen LogP contribution in [0.2, 0.25) is 0 Å². The molecule has 2 aromatic carbocycles. The fourth-order valence-corrected chi connectivity index (χ4v) is 3.19. The van der Waals surface area contributed by atoms with Crippen LogP contribution in [0.3, 0.4) is 0 Å². The highest BCUT2D eigenvalue weighted by molar-refractivity contribution is 6.04. The molecule has 24 heavy (non-hydrogen) atoms. The second kappa shape index (κ2) is 6.43. The number of anilines is 2. The Labute approximate surface area is 140 Å². The molecule has 0 aromatic heterocycles. The summed E-state index contributed by atoms with van der Waals surface area (Å²) >= 11 is 0. The zero-order valence-electron chi connectivity index (χ0n) is 13.7. The SMILES string of the molecule is CC(=O)N(CC(=O)N1c2ccccc2CC1C)c1cccc(F)c1. The third kappa shape index (κ3) is 3.02. The van der Waals surface area contributed by atoms with E-state index in [-0.39, 0.29) is 24.4 Å². The normalized spacial score (nSPS) is 16.0. The molecule has 0 N–H and O–H groups in total. The highest BCUT2D eigenvalue weighted by Crippen LogP contribution is 2.32. The van der Waals surface area contributed by atoms with Gasteiger partial charge in [0, 0.05) is 24.3 Å². The van der Waals surface area contributed by atoms with Gasteiger partial charge in [-0.2, -0.15) is 0 Å². The number of halogens is 1. The molecular weight excluding hydrogens is 307 g/mol. The van der Waals surface area contributed by atoms with Crippen LogP contribution in [0.25, 0.3) is 0 Å². The highest BCUT2D eigenvalue weighted by atomic mass is 19.1. The van der Waals surface area contributed by atoms with Crippen molar-refractivity contribution in [3.05, 3.63) is 59.9 Å². The summed E-state index contributed by atoms with van der Waals surface area (Å²) in [6.07, 6.45) is 0.794. The molecule has 1 unspecified atom stereocenters. The number of hydrogen-bond donors (Lipinski definition) is 0. The molecule has 124 valence electrons. The van der Waals surface area contributed by atoms with Gasteiger partial charge in [-0.15, -0.1) is 0 Å². The summed E-state index contributed by atoms with van der Waals surface area (Å²) in [7, 11) is 0. The van der Waals surface area contributed by atoms with E-state index in [1.807, 2.05) is 31.2 Å². The molecule has 5 heteroatoms. The monoisotopic (exact) mass is 326 g/mol. The minimum atomic E-state index is -0.439. The van der Waals surface area contributed by atoms with E-state index in [0.717, 1.165) is 17.7 Å². The van der Waals surface area contributed by atoms with Gasteiger partial charge in [-0.05, 0) is 43.2 Å². The lowest BCUT2D eigenvalue weighted by Gasteiger charge is -2.27. The Morgan fingerprint density at radius 3 is 2.67 bits per heavy atom. The van der Waals surface area contributed by atoms with Gasteiger partial charge in [0.25, 0.3) is 0 Å². The number of hydrogen-bond acceptors (Lipinski definition) is 2. The Bertz CT molecular complexity index is 790. The molecule has 2 aromatic rings. The molecule has 0 radical (unpaired) electrons. The summed E-state index contributed by atoms with van der Waals surface area (Å²) in [5, 5.41) is 0.